The van der Waals surface area contributed by atoms with Gasteiger partial charge in [-0.2, -0.15) is 0 Å². The monoisotopic (exact) mass is 406 g/mol. The molecule has 0 spiro atoms. The Kier molecular flexibility index (Phi) is 4.35. The van der Waals surface area contributed by atoms with Crippen LogP contribution >= 0.6 is 45.3 Å². The van der Waals surface area contributed by atoms with E-state index in [1.807, 2.05) is 45.3 Å². The van der Waals surface area contributed by atoms with Crippen LogP contribution in [0.1, 0.15) is 0 Å². The van der Waals surface area contributed by atoms with Gasteiger partial charge in [-0.1, -0.05) is 24.3 Å². The Bertz CT molecular complexity index is 918. The molecule has 4 aromatic heterocycles. The van der Waals surface area contributed by atoms with E-state index in [-0.39, 0.29) is 0 Å². The lowest BCUT2D eigenvalue weighted by Gasteiger charge is -2.14. The number of benzene rings is 1. The Hall–Kier alpha value is -1.98. The van der Waals surface area contributed by atoms with Gasteiger partial charge in [-0.25, -0.2) is 0 Å². The topological polar surface area (TPSA) is 0 Å². The molecule has 126 valence electrons. The molecule has 0 aliphatic rings. The molecule has 0 aliphatic carbocycles. The molecule has 0 aliphatic heterocycles. The van der Waals surface area contributed by atoms with Crippen molar-refractivity contribution in [1.29, 1.82) is 0 Å². The van der Waals surface area contributed by atoms with Gasteiger partial charge >= 0.3 is 0 Å². The highest BCUT2D eigenvalue weighted by atomic mass is 32.1. The molecule has 5 rings (SSSR count). The summed E-state index contributed by atoms with van der Waals surface area (Å²) in [5, 5.41) is 8.63. The number of hydrogen-bond donors (Lipinski definition) is 0. The molecule has 0 saturated heterocycles. The smallest absolute Gasteiger partial charge is 0.0349 e. The van der Waals surface area contributed by atoms with Crippen molar-refractivity contribution in [3.05, 3.63) is 82.2 Å². The minimum absolute atomic E-state index is 1.32. The summed E-state index contributed by atoms with van der Waals surface area (Å²) >= 11 is 7.23. The Balaban J connectivity index is 1.84. The van der Waals surface area contributed by atoms with Crippen molar-refractivity contribution >= 4 is 45.3 Å². The van der Waals surface area contributed by atoms with E-state index in [1.54, 1.807) is 0 Å². The second kappa shape index (κ2) is 6.97. The second-order valence-electron chi connectivity index (χ2n) is 5.85. The normalized spacial score (nSPS) is 11.1. The van der Waals surface area contributed by atoms with Gasteiger partial charge in [0.05, 0.1) is 0 Å². The molecule has 0 saturated carbocycles. The lowest BCUT2D eigenvalue weighted by atomic mass is 9.94. The van der Waals surface area contributed by atoms with Crippen LogP contribution in [0, 0.1) is 0 Å². The van der Waals surface area contributed by atoms with Crippen molar-refractivity contribution in [3.8, 4) is 41.8 Å². The van der Waals surface area contributed by atoms with Crippen molar-refractivity contribution in [3.63, 3.8) is 0 Å². The maximum absolute atomic E-state index is 2.39. The minimum Gasteiger partial charge on any atom is -0.144 e. The zero-order valence-corrected chi connectivity index (χ0v) is 17.0. The summed E-state index contributed by atoms with van der Waals surface area (Å²) in [7, 11) is 0. The summed E-state index contributed by atoms with van der Waals surface area (Å²) in [5.74, 6) is 0. The van der Waals surface area contributed by atoms with E-state index >= 15 is 0 Å². The first-order valence-corrected chi connectivity index (χ1v) is 11.8. The van der Waals surface area contributed by atoms with Gasteiger partial charge in [0.25, 0.3) is 0 Å². The molecule has 0 atom stereocenters. The summed E-state index contributed by atoms with van der Waals surface area (Å²) in [4.78, 5) is 5.29. The zero-order chi connectivity index (χ0) is 17.3. The van der Waals surface area contributed by atoms with E-state index in [2.05, 4.69) is 82.2 Å². The molecular formula is C22H14S4. The van der Waals surface area contributed by atoms with Crippen LogP contribution in [0.25, 0.3) is 41.8 Å². The molecule has 0 N–H and O–H groups in total. The third-order valence-corrected chi connectivity index (χ3v) is 7.92. The number of rotatable bonds is 4. The molecule has 1 aromatic carbocycles. The molecule has 0 unspecified atom stereocenters. The van der Waals surface area contributed by atoms with Gasteiger partial charge in [0.2, 0.25) is 0 Å². The molecular weight excluding hydrogens is 393 g/mol. The predicted octanol–water partition coefficient (Wildman–Crippen LogP) is 8.60. The highest BCUT2D eigenvalue weighted by Gasteiger charge is 2.17. The molecule has 0 radical (unpaired) electrons. The maximum Gasteiger partial charge on any atom is 0.0349 e. The van der Waals surface area contributed by atoms with Crippen LogP contribution in [0.3, 0.4) is 0 Å². The molecule has 26 heavy (non-hydrogen) atoms. The quantitative estimate of drug-likeness (QED) is 0.280. The van der Waals surface area contributed by atoms with E-state index in [4.69, 9.17) is 0 Å². The minimum atomic E-state index is 1.32. The van der Waals surface area contributed by atoms with Crippen molar-refractivity contribution < 1.29 is 0 Å². The van der Waals surface area contributed by atoms with Gasteiger partial charge in [0.15, 0.2) is 0 Å². The second-order valence-corrected chi connectivity index (χ2v) is 9.64. The largest absolute Gasteiger partial charge is 0.144 e. The fourth-order valence-corrected chi connectivity index (χ4v) is 6.17. The van der Waals surface area contributed by atoms with E-state index in [9.17, 15) is 0 Å². The summed E-state index contributed by atoms with van der Waals surface area (Å²) in [6, 6.07) is 22.2. The lowest BCUT2D eigenvalue weighted by Crippen LogP contribution is -1.87. The molecule has 4 heteroatoms. The number of thiophene rings is 4. The average Bonchev–Trinajstić information content (AvgIpc) is 3.49. The van der Waals surface area contributed by atoms with E-state index in [0.717, 1.165) is 0 Å². The Morgan fingerprint density at radius 2 is 0.654 bits per heavy atom. The van der Waals surface area contributed by atoms with Gasteiger partial charge in [-0.15, -0.1) is 45.3 Å². The average molecular weight is 407 g/mol. The molecule has 0 fully saturated rings. The van der Waals surface area contributed by atoms with Crippen LogP contribution in [0.5, 0.6) is 0 Å². The highest BCUT2D eigenvalue weighted by Crippen LogP contribution is 2.45. The summed E-state index contributed by atoms with van der Waals surface area (Å²) in [6.45, 7) is 0. The Morgan fingerprint density at radius 1 is 0.385 bits per heavy atom. The van der Waals surface area contributed by atoms with Crippen LogP contribution in [0.15, 0.2) is 82.2 Å². The molecule has 5 aromatic rings. The van der Waals surface area contributed by atoms with Gasteiger partial charge in [0.1, 0.15) is 0 Å². The molecule has 0 nitrogen and oxygen atoms in total. The van der Waals surface area contributed by atoms with Crippen LogP contribution < -0.4 is 0 Å². The SMILES string of the molecule is c1csc(-c2cc(-c3cccs3)c(-c3cccs3)cc2-c2cccs2)c1. The zero-order valence-electron chi connectivity index (χ0n) is 13.7. The van der Waals surface area contributed by atoms with Crippen molar-refractivity contribution in [2.75, 3.05) is 0 Å². The van der Waals surface area contributed by atoms with Crippen LogP contribution in [0.2, 0.25) is 0 Å². The van der Waals surface area contributed by atoms with E-state index in [0.29, 0.717) is 0 Å². The van der Waals surface area contributed by atoms with Gasteiger partial charge in [0, 0.05) is 41.8 Å². The summed E-state index contributed by atoms with van der Waals surface area (Å²) in [6.07, 6.45) is 0. The summed E-state index contributed by atoms with van der Waals surface area (Å²) in [5.41, 5.74) is 5.30. The first-order chi connectivity index (χ1) is 12.9. The van der Waals surface area contributed by atoms with Crippen LogP contribution in [0.4, 0.5) is 0 Å². The van der Waals surface area contributed by atoms with Crippen LogP contribution in [-0.2, 0) is 0 Å². The predicted molar refractivity (Wildman–Crippen MR) is 120 cm³/mol. The van der Waals surface area contributed by atoms with Crippen LogP contribution in [-0.4, -0.2) is 0 Å². The van der Waals surface area contributed by atoms with E-state index < -0.39 is 0 Å². The first kappa shape index (κ1) is 16.2. The van der Waals surface area contributed by atoms with E-state index in [1.165, 1.54) is 41.8 Å². The number of hydrogen-bond acceptors (Lipinski definition) is 4. The highest BCUT2D eigenvalue weighted by molar-refractivity contribution is 7.15. The molecule has 0 amide bonds. The van der Waals surface area contributed by atoms with Gasteiger partial charge in [-0.05, 0) is 57.9 Å². The first-order valence-electron chi connectivity index (χ1n) is 8.24. The fraction of sp³-hybridized carbons (Fsp3) is 0. The third kappa shape index (κ3) is 2.89. The Labute approximate surface area is 168 Å². The van der Waals surface area contributed by atoms with Gasteiger partial charge < -0.3 is 0 Å². The summed E-state index contributed by atoms with van der Waals surface area (Å²) < 4.78 is 0. The van der Waals surface area contributed by atoms with Crippen molar-refractivity contribution in [1.82, 2.24) is 0 Å². The molecule has 4 heterocycles. The lowest BCUT2D eigenvalue weighted by molar-refractivity contribution is 1.66. The van der Waals surface area contributed by atoms with Crippen molar-refractivity contribution in [2.24, 2.45) is 0 Å². The maximum atomic E-state index is 2.39. The van der Waals surface area contributed by atoms with Crippen molar-refractivity contribution in [2.45, 2.75) is 0 Å². The Morgan fingerprint density at radius 3 is 0.846 bits per heavy atom. The molecule has 0 bridgehead atoms. The van der Waals surface area contributed by atoms with Gasteiger partial charge in [-0.3, -0.25) is 0 Å². The fourth-order valence-electron chi connectivity index (χ4n) is 3.14. The standard InChI is InChI=1S/C22H14S4/c1-5-19(23-9-1)15-13-17(21-7-3-11-25-21)18(22-8-4-12-26-22)14-16(15)20-6-2-10-24-20/h1-14H. The third-order valence-electron chi connectivity index (χ3n) is 4.30.